The first kappa shape index (κ1) is 9.69. The van der Waals surface area contributed by atoms with Crippen molar-refractivity contribution in [3.8, 4) is 0 Å². The van der Waals surface area contributed by atoms with Crippen molar-refractivity contribution in [3.63, 3.8) is 0 Å². The highest BCUT2D eigenvalue weighted by atomic mass is 16.3. The Bertz CT molecular complexity index is 251. The van der Waals surface area contributed by atoms with Crippen LogP contribution in [-0.2, 0) is 0 Å². The molecule has 0 fully saturated rings. The molecule has 1 atom stereocenters. The highest BCUT2D eigenvalue weighted by Gasteiger charge is 2.01. The van der Waals surface area contributed by atoms with E-state index in [9.17, 15) is 0 Å². The first-order valence-corrected chi connectivity index (χ1v) is 3.82. The molecule has 6 nitrogen and oxygen atoms in total. The van der Waals surface area contributed by atoms with Crippen LogP contribution in [0.4, 0.5) is 11.6 Å². The topological polar surface area (TPSA) is 104 Å². The van der Waals surface area contributed by atoms with Gasteiger partial charge in [0.2, 0.25) is 5.95 Å². The van der Waals surface area contributed by atoms with E-state index in [0.29, 0.717) is 11.6 Å². The van der Waals surface area contributed by atoms with E-state index in [0.717, 1.165) is 0 Å². The van der Waals surface area contributed by atoms with Crippen LogP contribution in [-0.4, -0.2) is 39.4 Å². The van der Waals surface area contributed by atoms with Crippen molar-refractivity contribution in [1.82, 2.24) is 9.97 Å². The van der Waals surface area contributed by atoms with Crippen molar-refractivity contribution in [2.24, 2.45) is 0 Å². The summed E-state index contributed by atoms with van der Waals surface area (Å²) in [6.45, 7) is -0.0810. The molecular formula is C7H12N4O2. The molecule has 0 aromatic carbocycles. The third-order valence-corrected chi connectivity index (χ3v) is 1.38. The lowest BCUT2D eigenvalue weighted by molar-refractivity contribution is 0.105. The number of rotatable bonds is 4. The van der Waals surface area contributed by atoms with Crippen molar-refractivity contribution < 1.29 is 10.2 Å². The molecule has 0 amide bonds. The van der Waals surface area contributed by atoms with Gasteiger partial charge in [-0.1, -0.05) is 0 Å². The Kier molecular flexibility index (Phi) is 3.41. The van der Waals surface area contributed by atoms with E-state index in [4.69, 9.17) is 15.9 Å². The van der Waals surface area contributed by atoms with Crippen LogP contribution in [0, 0.1) is 0 Å². The molecule has 5 N–H and O–H groups in total. The number of aliphatic hydroxyl groups excluding tert-OH is 2. The van der Waals surface area contributed by atoms with Gasteiger partial charge in [0.25, 0.3) is 0 Å². The Hall–Kier alpha value is -1.40. The summed E-state index contributed by atoms with van der Waals surface area (Å²) in [5.74, 6) is 0.377. The minimum absolute atomic E-state index is 0.209. The summed E-state index contributed by atoms with van der Waals surface area (Å²) in [7, 11) is 0. The van der Waals surface area contributed by atoms with E-state index in [-0.39, 0.29) is 13.2 Å². The fourth-order valence-corrected chi connectivity index (χ4v) is 0.703. The van der Waals surface area contributed by atoms with Gasteiger partial charge in [0, 0.05) is 6.54 Å². The summed E-state index contributed by atoms with van der Waals surface area (Å²) in [5, 5.41) is 20.2. The molecule has 0 spiro atoms. The van der Waals surface area contributed by atoms with Gasteiger partial charge in [-0.2, -0.15) is 0 Å². The molecule has 1 unspecified atom stereocenters. The second kappa shape index (κ2) is 4.58. The fraction of sp³-hybridized carbons (Fsp3) is 0.429. The number of nitrogens with one attached hydrogen (secondary N) is 1. The fourth-order valence-electron chi connectivity index (χ4n) is 0.703. The Morgan fingerprint density at radius 2 is 2.08 bits per heavy atom. The molecule has 0 aliphatic heterocycles. The number of hydrogen-bond donors (Lipinski definition) is 4. The van der Waals surface area contributed by atoms with E-state index in [1.807, 2.05) is 0 Å². The molecule has 0 saturated heterocycles. The zero-order valence-corrected chi connectivity index (χ0v) is 7.01. The molecule has 6 heteroatoms. The van der Waals surface area contributed by atoms with Crippen LogP contribution in [0.15, 0.2) is 12.4 Å². The molecule has 1 heterocycles. The van der Waals surface area contributed by atoms with Gasteiger partial charge in [-0.15, -0.1) is 0 Å². The zero-order valence-electron chi connectivity index (χ0n) is 7.01. The summed E-state index contributed by atoms with van der Waals surface area (Å²) in [4.78, 5) is 7.69. The van der Waals surface area contributed by atoms with Crippen LogP contribution in [0.3, 0.4) is 0 Å². The summed E-state index contributed by atoms with van der Waals surface area (Å²) in [6.07, 6.45) is 2.11. The van der Waals surface area contributed by atoms with Crippen LogP contribution in [0.25, 0.3) is 0 Å². The Morgan fingerprint density at radius 1 is 1.46 bits per heavy atom. The third kappa shape index (κ3) is 3.22. The lowest BCUT2D eigenvalue weighted by Gasteiger charge is -2.07. The van der Waals surface area contributed by atoms with Gasteiger partial charge in [-0.25, -0.2) is 9.97 Å². The maximum Gasteiger partial charge on any atom is 0.222 e. The van der Waals surface area contributed by atoms with Crippen molar-refractivity contribution in [2.75, 3.05) is 24.2 Å². The predicted molar refractivity (Wildman–Crippen MR) is 48.0 cm³/mol. The number of nitrogens with zero attached hydrogens (tertiary/aromatic N) is 2. The lowest BCUT2D eigenvalue weighted by Crippen LogP contribution is -2.23. The average molecular weight is 184 g/mol. The van der Waals surface area contributed by atoms with Crippen LogP contribution in [0.1, 0.15) is 0 Å². The van der Waals surface area contributed by atoms with Crippen LogP contribution in [0.2, 0.25) is 0 Å². The lowest BCUT2D eigenvalue weighted by atomic mass is 10.4. The molecule has 0 saturated carbocycles. The summed E-state index contributed by atoms with van der Waals surface area (Å²) in [5.41, 5.74) is 5.85. The van der Waals surface area contributed by atoms with Crippen molar-refractivity contribution >= 4 is 11.6 Å². The van der Waals surface area contributed by atoms with E-state index in [1.54, 1.807) is 0 Å². The zero-order chi connectivity index (χ0) is 9.68. The Morgan fingerprint density at radius 3 is 2.62 bits per heavy atom. The Labute approximate surface area is 75.4 Å². The second-order valence-corrected chi connectivity index (χ2v) is 2.56. The summed E-state index contributed by atoms with van der Waals surface area (Å²) >= 11 is 0. The number of anilines is 2. The molecule has 1 rings (SSSR count). The number of nitrogen functional groups attached to an aromatic ring is 1. The first-order valence-electron chi connectivity index (χ1n) is 3.82. The quantitative estimate of drug-likeness (QED) is 0.469. The first-order chi connectivity index (χ1) is 6.22. The van der Waals surface area contributed by atoms with E-state index in [1.165, 1.54) is 12.4 Å². The smallest absolute Gasteiger partial charge is 0.222 e. The molecule has 0 aliphatic rings. The van der Waals surface area contributed by atoms with Gasteiger partial charge in [-0.05, 0) is 0 Å². The van der Waals surface area contributed by atoms with Gasteiger partial charge in [-0.3, -0.25) is 0 Å². The standard InChI is InChI=1S/C7H12N4O2/c8-5-1-9-7(10-2-5)11-3-6(13)4-12/h1-2,6,12-13H,3-4,8H2,(H,9,10,11). The molecule has 0 radical (unpaired) electrons. The van der Waals surface area contributed by atoms with Crippen LogP contribution in [0.5, 0.6) is 0 Å². The summed E-state index contributed by atoms with van der Waals surface area (Å²) in [6, 6.07) is 0. The molecule has 1 aromatic heterocycles. The minimum Gasteiger partial charge on any atom is -0.396 e. The maximum atomic E-state index is 8.98. The van der Waals surface area contributed by atoms with Gasteiger partial charge in [0.05, 0.1) is 30.8 Å². The SMILES string of the molecule is Nc1cnc(NCC(O)CO)nc1. The number of nitrogens with two attached hydrogens (primary N) is 1. The minimum atomic E-state index is -0.804. The van der Waals surface area contributed by atoms with Crippen molar-refractivity contribution in [2.45, 2.75) is 6.10 Å². The van der Waals surface area contributed by atoms with Gasteiger partial charge in [0.1, 0.15) is 0 Å². The largest absolute Gasteiger partial charge is 0.396 e. The molecule has 1 aromatic rings. The summed E-state index contributed by atoms with van der Waals surface area (Å²) < 4.78 is 0. The normalized spacial score (nSPS) is 12.5. The van der Waals surface area contributed by atoms with Gasteiger partial charge >= 0.3 is 0 Å². The predicted octanol–water partition coefficient (Wildman–Crippen LogP) is -1.18. The highest BCUT2D eigenvalue weighted by Crippen LogP contribution is 2.00. The van der Waals surface area contributed by atoms with E-state index < -0.39 is 6.10 Å². The highest BCUT2D eigenvalue weighted by molar-refractivity contribution is 5.35. The maximum absolute atomic E-state index is 8.98. The van der Waals surface area contributed by atoms with Crippen LogP contribution >= 0.6 is 0 Å². The number of aliphatic hydroxyl groups is 2. The average Bonchev–Trinajstić information content (AvgIpc) is 2.16. The van der Waals surface area contributed by atoms with Crippen LogP contribution < -0.4 is 11.1 Å². The van der Waals surface area contributed by atoms with Crippen molar-refractivity contribution in [3.05, 3.63) is 12.4 Å². The van der Waals surface area contributed by atoms with E-state index >= 15 is 0 Å². The monoisotopic (exact) mass is 184 g/mol. The van der Waals surface area contributed by atoms with E-state index in [2.05, 4.69) is 15.3 Å². The number of hydrogen-bond acceptors (Lipinski definition) is 6. The number of aromatic nitrogens is 2. The Balaban J connectivity index is 2.41. The molecule has 0 aliphatic carbocycles. The molecule has 13 heavy (non-hydrogen) atoms. The molecular weight excluding hydrogens is 172 g/mol. The molecule has 0 bridgehead atoms. The van der Waals surface area contributed by atoms with Gasteiger partial charge < -0.3 is 21.3 Å². The van der Waals surface area contributed by atoms with Crippen molar-refractivity contribution in [1.29, 1.82) is 0 Å². The van der Waals surface area contributed by atoms with Gasteiger partial charge in [0.15, 0.2) is 0 Å². The molecule has 72 valence electrons. The third-order valence-electron chi connectivity index (χ3n) is 1.38. The second-order valence-electron chi connectivity index (χ2n) is 2.56.